The van der Waals surface area contributed by atoms with E-state index in [0.29, 0.717) is 5.92 Å². The molecule has 4 aliphatic rings. The molecule has 2 heterocycles. The lowest BCUT2D eigenvalue weighted by Gasteiger charge is -2.51. The first-order valence-corrected chi connectivity index (χ1v) is 12.4. The number of likely N-dealkylation sites (tertiary alicyclic amines) is 1. The van der Waals surface area contributed by atoms with Crippen LogP contribution in [0.2, 0.25) is 0 Å². The van der Waals surface area contributed by atoms with E-state index in [4.69, 9.17) is 4.74 Å². The monoisotopic (exact) mass is 424 g/mol. The zero-order valence-electron chi connectivity index (χ0n) is 19.1. The maximum absolute atomic E-state index is 12.9. The molecule has 4 nitrogen and oxygen atoms in total. The molecule has 1 aromatic carbocycles. The van der Waals surface area contributed by atoms with Gasteiger partial charge in [-0.2, -0.15) is 0 Å². The molecule has 31 heavy (non-hydrogen) atoms. The molecule has 2 N–H and O–H groups in total. The molecule has 168 valence electrons. The maximum atomic E-state index is 12.9. The minimum atomic E-state index is -0.487. The second-order valence-corrected chi connectivity index (χ2v) is 10.9. The Kier molecular flexibility index (Phi) is 5.72. The van der Waals surface area contributed by atoms with Crippen molar-refractivity contribution in [2.75, 3.05) is 19.6 Å². The first-order chi connectivity index (χ1) is 15.0. The van der Waals surface area contributed by atoms with E-state index in [9.17, 15) is 9.90 Å². The molecule has 0 unspecified atom stereocenters. The third-order valence-corrected chi connectivity index (χ3v) is 9.26. The first kappa shape index (κ1) is 21.2. The quantitative estimate of drug-likeness (QED) is 0.577. The van der Waals surface area contributed by atoms with Gasteiger partial charge in [0.1, 0.15) is 12.0 Å². The van der Waals surface area contributed by atoms with Crippen LogP contribution >= 0.6 is 0 Å². The van der Waals surface area contributed by atoms with E-state index in [2.05, 4.69) is 50.3 Å². The number of ether oxygens (including phenoxy) is 1. The molecule has 3 fully saturated rings. The fourth-order valence-corrected chi connectivity index (χ4v) is 7.05. The number of esters is 1. The van der Waals surface area contributed by atoms with Gasteiger partial charge in [0.25, 0.3) is 0 Å². The molecule has 6 atom stereocenters. The number of aliphatic hydroxyl groups excluding tert-OH is 1. The molecule has 1 saturated carbocycles. The summed E-state index contributed by atoms with van der Waals surface area (Å²) in [6.45, 7) is 7.55. The van der Waals surface area contributed by atoms with Gasteiger partial charge < -0.3 is 14.7 Å². The number of nitrogens with one attached hydrogen (secondary N) is 1. The summed E-state index contributed by atoms with van der Waals surface area (Å²) in [4.78, 5) is 14.4. The molecule has 1 aromatic rings. The average Bonchev–Trinajstić information content (AvgIpc) is 3.07. The molecule has 5 rings (SSSR count). The Balaban J connectivity index is 1.24. The Hall–Kier alpha value is -1.65. The number of rotatable bonds is 4. The lowest BCUT2D eigenvalue weighted by Crippen LogP contribution is -3.14. The van der Waals surface area contributed by atoms with Crippen LogP contribution in [0.1, 0.15) is 51.5 Å². The summed E-state index contributed by atoms with van der Waals surface area (Å²) in [6, 6.07) is 10.8. The average molecular weight is 425 g/mol. The highest BCUT2D eigenvalue weighted by molar-refractivity contribution is 5.76. The summed E-state index contributed by atoms with van der Waals surface area (Å²) in [5.74, 6) is 0.909. The van der Waals surface area contributed by atoms with Crippen molar-refractivity contribution in [3.63, 3.8) is 0 Å². The normalized spacial score (nSPS) is 42.4. The van der Waals surface area contributed by atoms with E-state index in [-0.39, 0.29) is 29.3 Å². The van der Waals surface area contributed by atoms with Crippen LogP contribution in [0.3, 0.4) is 0 Å². The van der Waals surface area contributed by atoms with E-state index >= 15 is 0 Å². The van der Waals surface area contributed by atoms with E-state index < -0.39 is 6.10 Å². The zero-order chi connectivity index (χ0) is 21.6. The van der Waals surface area contributed by atoms with Gasteiger partial charge in [-0.1, -0.05) is 55.8 Å². The van der Waals surface area contributed by atoms with Gasteiger partial charge in [-0.05, 0) is 49.5 Å². The van der Waals surface area contributed by atoms with Crippen LogP contribution in [0.25, 0.3) is 0 Å². The van der Waals surface area contributed by atoms with Gasteiger partial charge in [0.2, 0.25) is 0 Å². The predicted octanol–water partition coefficient (Wildman–Crippen LogP) is 2.81. The minimum absolute atomic E-state index is 0.0512. The van der Waals surface area contributed by atoms with Crippen molar-refractivity contribution in [2.24, 2.45) is 29.1 Å². The van der Waals surface area contributed by atoms with Crippen LogP contribution in [-0.4, -0.2) is 42.9 Å². The molecule has 0 spiro atoms. The van der Waals surface area contributed by atoms with Crippen LogP contribution in [0.4, 0.5) is 0 Å². The summed E-state index contributed by atoms with van der Waals surface area (Å²) in [7, 11) is 0. The highest BCUT2D eigenvalue weighted by atomic mass is 16.6. The second-order valence-electron chi connectivity index (χ2n) is 10.9. The van der Waals surface area contributed by atoms with Crippen molar-refractivity contribution < 1.29 is 19.5 Å². The van der Waals surface area contributed by atoms with Gasteiger partial charge in [0.05, 0.1) is 25.7 Å². The van der Waals surface area contributed by atoms with E-state index in [1.165, 1.54) is 28.9 Å². The number of aliphatic hydroxyl groups is 1. The van der Waals surface area contributed by atoms with Crippen LogP contribution in [-0.2, 0) is 16.0 Å². The topological polar surface area (TPSA) is 51.0 Å². The van der Waals surface area contributed by atoms with Crippen molar-refractivity contribution >= 4 is 5.97 Å². The standard InChI is InChI=1S/C27H37NO3/c1-18-7-6-10-21-16-23-24(25(29)27(18,21)2)22(26(30)31-23)17-28-13-11-20(12-14-28)15-19-8-4-3-5-9-19/h3-5,8-10,18,20,22-25,29H,6-7,11-17H2,1-2H3/p+1/t18-,22+,23-,24-,25+,27-/m1/s1. The Morgan fingerprint density at radius 1 is 1.16 bits per heavy atom. The smallest absolute Gasteiger partial charge is 0.315 e. The van der Waals surface area contributed by atoms with Crippen LogP contribution < -0.4 is 4.90 Å². The van der Waals surface area contributed by atoms with Crippen LogP contribution in [0.15, 0.2) is 42.0 Å². The highest BCUT2D eigenvalue weighted by Crippen LogP contribution is 2.55. The third-order valence-electron chi connectivity index (χ3n) is 9.26. The maximum Gasteiger partial charge on any atom is 0.315 e. The van der Waals surface area contributed by atoms with Crippen molar-refractivity contribution in [3.8, 4) is 0 Å². The molecule has 2 saturated heterocycles. The molecular formula is C27H38NO3+. The zero-order valence-corrected chi connectivity index (χ0v) is 19.1. The Labute approximate surface area is 186 Å². The molecular weight excluding hydrogens is 386 g/mol. The van der Waals surface area contributed by atoms with Gasteiger partial charge in [-0.15, -0.1) is 0 Å². The summed E-state index contributed by atoms with van der Waals surface area (Å²) in [5.41, 5.74) is 2.55. The lowest BCUT2D eigenvalue weighted by molar-refractivity contribution is -0.909. The number of hydrogen-bond donors (Lipinski definition) is 2. The van der Waals surface area contributed by atoms with Crippen LogP contribution in [0.5, 0.6) is 0 Å². The second kappa shape index (κ2) is 8.37. The van der Waals surface area contributed by atoms with Gasteiger partial charge in [0, 0.05) is 17.8 Å². The molecule has 0 bridgehead atoms. The van der Waals surface area contributed by atoms with Crippen molar-refractivity contribution in [2.45, 2.75) is 64.6 Å². The Morgan fingerprint density at radius 2 is 1.90 bits per heavy atom. The Bertz CT molecular complexity index is 828. The van der Waals surface area contributed by atoms with Gasteiger partial charge in [0.15, 0.2) is 0 Å². The SMILES string of the molecule is C[C@@H]1CCC=C2C[C@H]3OC(=O)[C@@H](C[NH+]4CCC(Cc5ccccc5)CC4)[C@H]3[C@H](O)[C@@]21C. The number of carbonyl (C=O) groups is 1. The fourth-order valence-electron chi connectivity index (χ4n) is 7.05. The number of hydrogen-bond acceptors (Lipinski definition) is 3. The van der Waals surface area contributed by atoms with Crippen molar-refractivity contribution in [1.29, 1.82) is 0 Å². The summed E-state index contributed by atoms with van der Waals surface area (Å²) >= 11 is 0. The number of allylic oxidation sites excluding steroid dienone is 1. The van der Waals surface area contributed by atoms with E-state index in [1.807, 2.05) is 0 Å². The van der Waals surface area contributed by atoms with Crippen molar-refractivity contribution in [3.05, 3.63) is 47.5 Å². The van der Waals surface area contributed by atoms with E-state index in [1.54, 1.807) is 0 Å². The summed E-state index contributed by atoms with van der Waals surface area (Å²) in [5, 5.41) is 11.5. The summed E-state index contributed by atoms with van der Waals surface area (Å²) in [6.07, 6.45) is 8.29. The number of quaternary nitrogens is 1. The number of fused-ring (bicyclic) bond motifs is 2. The number of carbonyl (C=O) groups excluding carboxylic acids is 1. The highest BCUT2D eigenvalue weighted by Gasteiger charge is 2.60. The first-order valence-electron chi connectivity index (χ1n) is 12.4. The van der Waals surface area contributed by atoms with Crippen LogP contribution in [0, 0.1) is 29.1 Å². The van der Waals surface area contributed by atoms with E-state index in [0.717, 1.165) is 51.2 Å². The molecule has 2 aliphatic carbocycles. The molecule has 4 heteroatoms. The number of piperidine rings is 1. The minimum Gasteiger partial charge on any atom is -0.461 e. The number of benzene rings is 1. The van der Waals surface area contributed by atoms with Gasteiger partial charge >= 0.3 is 5.97 Å². The molecule has 0 amide bonds. The predicted molar refractivity (Wildman–Crippen MR) is 121 cm³/mol. The summed E-state index contributed by atoms with van der Waals surface area (Å²) < 4.78 is 5.87. The van der Waals surface area contributed by atoms with Gasteiger partial charge in [-0.25, -0.2) is 0 Å². The third kappa shape index (κ3) is 3.76. The lowest BCUT2D eigenvalue weighted by atomic mass is 9.55. The molecule has 0 radical (unpaired) electrons. The fraction of sp³-hybridized carbons (Fsp3) is 0.667. The Morgan fingerprint density at radius 3 is 2.65 bits per heavy atom. The molecule has 0 aromatic heterocycles. The molecule has 2 aliphatic heterocycles. The van der Waals surface area contributed by atoms with Gasteiger partial charge in [-0.3, -0.25) is 4.79 Å². The largest absolute Gasteiger partial charge is 0.461 e. The van der Waals surface area contributed by atoms with Crippen molar-refractivity contribution in [1.82, 2.24) is 0 Å².